The van der Waals surface area contributed by atoms with Crippen LogP contribution in [0.4, 0.5) is 18.3 Å². The number of amides is 1. The molecule has 0 radical (unpaired) electrons. The van der Waals surface area contributed by atoms with E-state index in [1.165, 1.54) is 0 Å². The molecule has 1 atom stereocenters. The summed E-state index contributed by atoms with van der Waals surface area (Å²) in [4.78, 5) is 16.1. The van der Waals surface area contributed by atoms with Crippen molar-refractivity contribution in [2.45, 2.75) is 12.6 Å². The van der Waals surface area contributed by atoms with Gasteiger partial charge in [0.1, 0.15) is 0 Å². The largest absolute Gasteiger partial charge is 0.434 e. The average Bonchev–Trinajstić information content (AvgIpc) is 2.81. The number of thiazole rings is 1. The van der Waals surface area contributed by atoms with E-state index in [4.69, 9.17) is 10.7 Å². The molecule has 2 heterocycles. The Morgan fingerprint density at radius 1 is 1.50 bits per heavy atom. The predicted molar refractivity (Wildman–Crippen MR) is 67.2 cm³/mol. The lowest BCUT2D eigenvalue weighted by Crippen LogP contribution is -2.25. The lowest BCUT2D eigenvalue weighted by Gasteiger charge is -2.12. The minimum absolute atomic E-state index is 0.00437. The van der Waals surface area contributed by atoms with E-state index in [0.717, 1.165) is 10.3 Å². The van der Waals surface area contributed by atoms with Gasteiger partial charge < -0.3 is 0 Å². The Kier molecular flexibility index (Phi) is 4.00. The van der Waals surface area contributed by atoms with Crippen LogP contribution in [0.5, 0.6) is 0 Å². The summed E-state index contributed by atoms with van der Waals surface area (Å²) in [5.41, 5.74) is -1.07. The lowest BCUT2D eigenvalue weighted by molar-refractivity contribution is -0.140. The van der Waals surface area contributed by atoms with Crippen LogP contribution < -0.4 is 4.90 Å². The van der Waals surface area contributed by atoms with E-state index in [2.05, 4.69) is 4.98 Å². The van der Waals surface area contributed by atoms with Crippen LogP contribution in [0.3, 0.4) is 0 Å². The molecule has 20 heavy (non-hydrogen) atoms. The van der Waals surface area contributed by atoms with Gasteiger partial charge in [0, 0.05) is 34.9 Å². The Labute approximate surface area is 120 Å². The van der Waals surface area contributed by atoms with E-state index in [9.17, 15) is 26.4 Å². The predicted octanol–water partition coefficient (Wildman–Crippen LogP) is 2.08. The highest BCUT2D eigenvalue weighted by molar-refractivity contribution is 8.13. The molecule has 0 aromatic carbocycles. The molecule has 1 amide bonds. The molecular formula is C9H8ClF3N2O3S2. The number of hydrogen-bond acceptors (Lipinski definition) is 5. The zero-order chi connectivity index (χ0) is 15.1. The number of hydrogen-bond donors (Lipinski definition) is 0. The first-order valence-electron chi connectivity index (χ1n) is 5.31. The zero-order valence-electron chi connectivity index (χ0n) is 9.72. The summed E-state index contributed by atoms with van der Waals surface area (Å²) < 4.78 is 59.2. The van der Waals surface area contributed by atoms with Gasteiger partial charge in [-0.25, -0.2) is 13.4 Å². The van der Waals surface area contributed by atoms with Gasteiger partial charge in [0.05, 0.1) is 5.75 Å². The van der Waals surface area contributed by atoms with Crippen LogP contribution in [0.25, 0.3) is 0 Å². The smallest absolute Gasteiger partial charge is 0.288 e. The maximum atomic E-state index is 12.4. The summed E-state index contributed by atoms with van der Waals surface area (Å²) in [6, 6.07) is 0. The van der Waals surface area contributed by atoms with E-state index in [-0.39, 0.29) is 18.1 Å². The molecule has 0 saturated carbocycles. The fourth-order valence-electron chi connectivity index (χ4n) is 1.88. The molecule has 1 aromatic heterocycles. The molecule has 0 spiro atoms. The van der Waals surface area contributed by atoms with Crippen molar-refractivity contribution in [3.63, 3.8) is 0 Å². The van der Waals surface area contributed by atoms with Gasteiger partial charge in [0.25, 0.3) is 0 Å². The Hall–Kier alpha value is -0.870. The van der Waals surface area contributed by atoms with Gasteiger partial charge in [-0.05, 0) is 0 Å². The monoisotopic (exact) mass is 348 g/mol. The molecule has 1 aliphatic heterocycles. The molecule has 1 saturated heterocycles. The molecule has 0 N–H and O–H groups in total. The van der Waals surface area contributed by atoms with Crippen molar-refractivity contribution in [3.05, 3.63) is 11.1 Å². The van der Waals surface area contributed by atoms with E-state index < -0.39 is 38.5 Å². The minimum atomic E-state index is -4.57. The molecule has 1 unspecified atom stereocenters. The molecule has 0 bridgehead atoms. The number of carbonyl (C=O) groups is 1. The summed E-state index contributed by atoms with van der Waals surface area (Å²) in [5, 5.41) is 0.727. The van der Waals surface area contributed by atoms with Crippen LogP contribution in [0, 0.1) is 5.92 Å². The van der Waals surface area contributed by atoms with Gasteiger partial charge in [-0.15, -0.1) is 11.3 Å². The highest BCUT2D eigenvalue weighted by atomic mass is 35.7. The topological polar surface area (TPSA) is 67.3 Å². The van der Waals surface area contributed by atoms with Crippen LogP contribution in [0.2, 0.25) is 0 Å². The molecule has 1 aromatic rings. The fourth-order valence-corrected chi connectivity index (χ4v) is 4.06. The molecule has 1 fully saturated rings. The fraction of sp³-hybridized carbons (Fsp3) is 0.556. The maximum absolute atomic E-state index is 12.4. The van der Waals surface area contributed by atoms with Crippen LogP contribution in [-0.2, 0) is 20.0 Å². The first-order chi connectivity index (χ1) is 9.06. The van der Waals surface area contributed by atoms with Gasteiger partial charge >= 0.3 is 6.18 Å². The summed E-state index contributed by atoms with van der Waals surface area (Å²) >= 11 is 0.689. The van der Waals surface area contributed by atoms with Crippen LogP contribution in [-0.4, -0.2) is 31.6 Å². The number of nitrogens with zero attached hydrogens (tertiary/aromatic N) is 2. The first kappa shape index (κ1) is 15.5. The third-order valence-electron chi connectivity index (χ3n) is 2.65. The lowest BCUT2D eigenvalue weighted by atomic mass is 10.1. The molecule has 1 aliphatic rings. The highest BCUT2D eigenvalue weighted by Gasteiger charge is 2.38. The van der Waals surface area contributed by atoms with Crippen molar-refractivity contribution >= 4 is 42.1 Å². The Balaban J connectivity index is 2.14. The number of carbonyl (C=O) groups excluding carboxylic acids is 1. The average molecular weight is 349 g/mol. The number of anilines is 1. The number of alkyl halides is 3. The van der Waals surface area contributed by atoms with E-state index in [1.54, 1.807) is 0 Å². The third kappa shape index (κ3) is 3.61. The van der Waals surface area contributed by atoms with Gasteiger partial charge in [0.2, 0.25) is 15.0 Å². The summed E-state index contributed by atoms with van der Waals surface area (Å²) in [5.74, 6) is -1.39. The zero-order valence-corrected chi connectivity index (χ0v) is 12.1. The number of rotatable bonds is 3. The van der Waals surface area contributed by atoms with Crippen molar-refractivity contribution < 1.29 is 26.4 Å². The molecule has 5 nitrogen and oxygen atoms in total. The normalized spacial score (nSPS) is 20.7. The van der Waals surface area contributed by atoms with Gasteiger partial charge in [-0.3, -0.25) is 9.69 Å². The first-order valence-corrected chi connectivity index (χ1v) is 8.67. The summed E-state index contributed by atoms with van der Waals surface area (Å²) in [7, 11) is 1.34. The van der Waals surface area contributed by atoms with Crippen molar-refractivity contribution in [2.24, 2.45) is 5.92 Å². The highest BCUT2D eigenvalue weighted by Crippen LogP contribution is 2.35. The minimum Gasteiger partial charge on any atom is -0.288 e. The van der Waals surface area contributed by atoms with Crippen molar-refractivity contribution in [3.8, 4) is 0 Å². The molecule has 112 valence electrons. The number of aromatic nitrogens is 1. The van der Waals surface area contributed by atoms with Crippen molar-refractivity contribution in [1.29, 1.82) is 0 Å². The second-order valence-electron chi connectivity index (χ2n) is 4.29. The van der Waals surface area contributed by atoms with E-state index in [1.807, 2.05) is 0 Å². The molecule has 2 rings (SSSR count). The summed E-state index contributed by atoms with van der Waals surface area (Å²) in [6.45, 7) is -0.00437. The quantitative estimate of drug-likeness (QED) is 0.784. The Bertz CT molecular complexity index is 629. The van der Waals surface area contributed by atoms with Crippen molar-refractivity contribution in [2.75, 3.05) is 17.2 Å². The van der Waals surface area contributed by atoms with Crippen molar-refractivity contribution in [1.82, 2.24) is 4.98 Å². The van der Waals surface area contributed by atoms with Crippen LogP contribution in [0.1, 0.15) is 12.1 Å². The van der Waals surface area contributed by atoms with Gasteiger partial charge in [0.15, 0.2) is 10.8 Å². The molecule has 11 heteroatoms. The van der Waals surface area contributed by atoms with Crippen LogP contribution >= 0.6 is 22.0 Å². The van der Waals surface area contributed by atoms with Gasteiger partial charge in [-0.2, -0.15) is 13.2 Å². The van der Waals surface area contributed by atoms with Crippen LogP contribution in [0.15, 0.2) is 5.38 Å². The second kappa shape index (κ2) is 5.15. The second-order valence-corrected chi connectivity index (χ2v) is 7.95. The van der Waals surface area contributed by atoms with E-state index >= 15 is 0 Å². The summed E-state index contributed by atoms with van der Waals surface area (Å²) in [6.07, 6.45) is -4.65. The van der Waals surface area contributed by atoms with Gasteiger partial charge in [-0.1, -0.05) is 0 Å². The standard InChI is InChI=1S/C9H8ClF3N2O3S2/c10-20(17,18)4-5-1-7(16)15(2-5)8-14-6(3-19-8)9(11,12)13/h3,5H,1-2,4H2. The Morgan fingerprint density at radius 3 is 2.65 bits per heavy atom. The number of halogens is 4. The molecule has 0 aliphatic carbocycles. The maximum Gasteiger partial charge on any atom is 0.434 e. The van der Waals surface area contributed by atoms with E-state index in [0.29, 0.717) is 11.3 Å². The Morgan fingerprint density at radius 2 is 2.15 bits per heavy atom. The third-order valence-corrected chi connectivity index (χ3v) is 4.76. The molecular weight excluding hydrogens is 341 g/mol. The SMILES string of the molecule is O=C1CC(CS(=O)(=O)Cl)CN1c1nc(C(F)(F)F)cs1.